The van der Waals surface area contributed by atoms with Crippen LogP contribution < -0.4 is 0 Å². The molecule has 1 aliphatic heterocycles. The number of rotatable bonds is 5. The topological polar surface area (TPSA) is 51.0 Å². The second kappa shape index (κ2) is 7.70. The number of thiophene rings is 1. The number of likely N-dealkylation sites (tertiary alicyclic amines) is 1. The summed E-state index contributed by atoms with van der Waals surface area (Å²) >= 11 is 3.16. The van der Waals surface area contributed by atoms with Gasteiger partial charge < -0.3 is 9.47 Å². The van der Waals surface area contributed by atoms with Crippen LogP contribution in [-0.2, 0) is 11.3 Å². The minimum atomic E-state index is 0.210. The van der Waals surface area contributed by atoms with Gasteiger partial charge in [0.2, 0.25) is 5.91 Å². The summed E-state index contributed by atoms with van der Waals surface area (Å²) in [5.41, 5.74) is 0. The predicted octanol–water partition coefficient (Wildman–Crippen LogP) is 3.62. The Labute approximate surface area is 151 Å². The first kappa shape index (κ1) is 17.5. The number of carbonyl (C=O) groups is 1. The maximum absolute atomic E-state index is 12.5. The molecule has 1 amide bonds. The predicted molar refractivity (Wildman–Crippen MR) is 99.3 cm³/mol. The molecule has 0 aromatic carbocycles. The Morgan fingerprint density at radius 3 is 2.71 bits per heavy atom. The summed E-state index contributed by atoms with van der Waals surface area (Å²) in [6, 6.07) is 4.07. The van der Waals surface area contributed by atoms with Gasteiger partial charge in [-0.15, -0.1) is 21.5 Å². The van der Waals surface area contributed by atoms with Crippen LogP contribution in [0.4, 0.5) is 0 Å². The molecule has 1 aliphatic rings. The summed E-state index contributed by atoms with van der Waals surface area (Å²) in [5, 5.41) is 11.5. The molecule has 24 heavy (non-hydrogen) atoms. The summed E-state index contributed by atoms with van der Waals surface area (Å²) in [7, 11) is 0. The zero-order valence-corrected chi connectivity index (χ0v) is 16.1. The maximum Gasteiger partial charge on any atom is 0.233 e. The van der Waals surface area contributed by atoms with E-state index >= 15 is 0 Å². The van der Waals surface area contributed by atoms with Gasteiger partial charge in [-0.05, 0) is 36.6 Å². The van der Waals surface area contributed by atoms with Crippen LogP contribution in [0.25, 0.3) is 10.7 Å². The van der Waals surface area contributed by atoms with E-state index < -0.39 is 0 Å². The second-order valence-electron chi connectivity index (χ2n) is 6.56. The van der Waals surface area contributed by atoms with E-state index in [0.29, 0.717) is 17.6 Å². The molecule has 1 fully saturated rings. The molecule has 2 aromatic heterocycles. The van der Waals surface area contributed by atoms with Crippen LogP contribution >= 0.6 is 23.1 Å². The van der Waals surface area contributed by atoms with E-state index in [1.54, 1.807) is 11.3 Å². The van der Waals surface area contributed by atoms with Crippen LogP contribution in [0.2, 0.25) is 0 Å². The third-order valence-electron chi connectivity index (χ3n) is 4.32. The molecule has 0 radical (unpaired) electrons. The third-order valence-corrected chi connectivity index (χ3v) is 6.14. The van der Waals surface area contributed by atoms with Crippen LogP contribution in [-0.4, -0.2) is 44.4 Å². The molecule has 2 aromatic rings. The van der Waals surface area contributed by atoms with Crippen LogP contribution in [0.5, 0.6) is 0 Å². The zero-order chi connectivity index (χ0) is 17.1. The molecule has 0 N–H and O–H groups in total. The Morgan fingerprint density at radius 2 is 2.08 bits per heavy atom. The van der Waals surface area contributed by atoms with E-state index in [1.807, 2.05) is 16.3 Å². The summed E-state index contributed by atoms with van der Waals surface area (Å²) < 4.78 is 2.09. The highest BCUT2D eigenvalue weighted by atomic mass is 32.2. The van der Waals surface area contributed by atoms with Crippen molar-refractivity contribution in [2.75, 3.05) is 18.8 Å². The second-order valence-corrected chi connectivity index (χ2v) is 8.45. The molecule has 1 saturated heterocycles. The van der Waals surface area contributed by atoms with Gasteiger partial charge in [0, 0.05) is 19.6 Å². The molecule has 0 saturated carbocycles. The van der Waals surface area contributed by atoms with Crippen molar-refractivity contribution in [1.29, 1.82) is 0 Å². The van der Waals surface area contributed by atoms with Crippen molar-refractivity contribution in [3.8, 4) is 10.7 Å². The van der Waals surface area contributed by atoms with Gasteiger partial charge >= 0.3 is 0 Å². The molecule has 3 heterocycles. The van der Waals surface area contributed by atoms with E-state index in [9.17, 15) is 4.79 Å². The number of carbonyl (C=O) groups excluding carboxylic acids is 1. The third kappa shape index (κ3) is 3.83. The van der Waals surface area contributed by atoms with Crippen LogP contribution in [0, 0.1) is 11.8 Å². The normalized spacial score (nSPS) is 21.2. The quantitative estimate of drug-likeness (QED) is 0.760. The smallest absolute Gasteiger partial charge is 0.233 e. The highest BCUT2D eigenvalue weighted by Crippen LogP contribution is 2.28. The molecule has 2 unspecified atom stereocenters. The van der Waals surface area contributed by atoms with Crippen molar-refractivity contribution in [3.05, 3.63) is 17.5 Å². The van der Waals surface area contributed by atoms with Gasteiger partial charge in [-0.2, -0.15) is 0 Å². The molecular formula is C17H24N4OS2. The largest absolute Gasteiger partial charge is 0.341 e. The SMILES string of the molecule is CCn1c(SCC(=O)N2CC(C)CC(C)C2)nnc1-c1cccs1. The maximum atomic E-state index is 12.5. The molecule has 7 heteroatoms. The molecule has 5 nitrogen and oxygen atoms in total. The summed E-state index contributed by atoms with van der Waals surface area (Å²) in [6.45, 7) is 9.10. The van der Waals surface area contributed by atoms with Gasteiger partial charge in [0.1, 0.15) is 0 Å². The van der Waals surface area contributed by atoms with Gasteiger partial charge in [0.25, 0.3) is 0 Å². The molecule has 0 aliphatic carbocycles. The fraction of sp³-hybridized carbons (Fsp3) is 0.588. The van der Waals surface area contributed by atoms with E-state index in [1.165, 1.54) is 18.2 Å². The lowest BCUT2D eigenvalue weighted by atomic mass is 9.92. The Hall–Kier alpha value is -1.34. The molecule has 3 rings (SSSR count). The van der Waals surface area contributed by atoms with Gasteiger partial charge in [-0.1, -0.05) is 31.7 Å². The molecule has 0 bridgehead atoms. The van der Waals surface area contributed by atoms with Gasteiger partial charge in [0.15, 0.2) is 11.0 Å². The number of nitrogens with zero attached hydrogens (tertiary/aromatic N) is 4. The van der Waals surface area contributed by atoms with E-state index in [2.05, 4.69) is 41.6 Å². The Kier molecular flexibility index (Phi) is 5.61. The van der Waals surface area contributed by atoms with Gasteiger partial charge in [0.05, 0.1) is 10.6 Å². The Morgan fingerprint density at radius 1 is 1.33 bits per heavy atom. The highest BCUT2D eigenvalue weighted by molar-refractivity contribution is 7.99. The van der Waals surface area contributed by atoms with Crippen molar-refractivity contribution in [2.24, 2.45) is 11.8 Å². The van der Waals surface area contributed by atoms with E-state index in [-0.39, 0.29) is 5.91 Å². The van der Waals surface area contributed by atoms with Crippen molar-refractivity contribution >= 4 is 29.0 Å². The Balaban J connectivity index is 1.65. The van der Waals surface area contributed by atoms with Gasteiger partial charge in [-0.3, -0.25) is 4.79 Å². The summed E-state index contributed by atoms with van der Waals surface area (Å²) in [4.78, 5) is 15.7. The molecule has 130 valence electrons. The van der Waals surface area contributed by atoms with E-state index in [4.69, 9.17) is 0 Å². The molecule has 0 spiro atoms. The van der Waals surface area contributed by atoms with Crippen molar-refractivity contribution in [3.63, 3.8) is 0 Å². The minimum Gasteiger partial charge on any atom is -0.341 e. The minimum absolute atomic E-state index is 0.210. The lowest BCUT2D eigenvalue weighted by Crippen LogP contribution is -2.43. The van der Waals surface area contributed by atoms with Crippen molar-refractivity contribution in [2.45, 2.75) is 38.9 Å². The zero-order valence-electron chi connectivity index (χ0n) is 14.4. The number of aromatic nitrogens is 3. The summed E-state index contributed by atoms with van der Waals surface area (Å²) in [6.07, 6.45) is 1.21. The monoisotopic (exact) mass is 364 g/mol. The number of thioether (sulfide) groups is 1. The average molecular weight is 365 g/mol. The number of hydrogen-bond acceptors (Lipinski definition) is 5. The molecule has 2 atom stereocenters. The van der Waals surface area contributed by atoms with Gasteiger partial charge in [-0.25, -0.2) is 0 Å². The molecular weight excluding hydrogens is 340 g/mol. The highest BCUT2D eigenvalue weighted by Gasteiger charge is 2.25. The van der Waals surface area contributed by atoms with Crippen molar-refractivity contribution < 1.29 is 4.79 Å². The first-order chi connectivity index (χ1) is 11.6. The number of hydrogen-bond donors (Lipinski definition) is 0. The van der Waals surface area contributed by atoms with Crippen LogP contribution in [0.15, 0.2) is 22.7 Å². The lowest BCUT2D eigenvalue weighted by Gasteiger charge is -2.34. The summed E-state index contributed by atoms with van der Waals surface area (Å²) in [5.74, 6) is 2.71. The van der Waals surface area contributed by atoms with Crippen LogP contribution in [0.3, 0.4) is 0 Å². The fourth-order valence-electron chi connectivity index (χ4n) is 3.35. The van der Waals surface area contributed by atoms with Crippen LogP contribution in [0.1, 0.15) is 27.2 Å². The number of piperidine rings is 1. The number of amides is 1. The first-order valence-electron chi connectivity index (χ1n) is 8.46. The average Bonchev–Trinajstić information content (AvgIpc) is 3.20. The first-order valence-corrected chi connectivity index (χ1v) is 10.3. The Bertz CT molecular complexity index is 673. The standard InChI is InChI=1S/C17H24N4OS2/c1-4-21-16(14-6-5-7-23-14)18-19-17(21)24-11-15(22)20-9-12(2)8-13(3)10-20/h5-7,12-13H,4,8-11H2,1-3H3. The van der Waals surface area contributed by atoms with E-state index in [0.717, 1.165) is 35.5 Å². The van der Waals surface area contributed by atoms with Crippen molar-refractivity contribution in [1.82, 2.24) is 19.7 Å². The lowest BCUT2D eigenvalue weighted by molar-refractivity contribution is -0.130. The fourth-order valence-corrected chi connectivity index (χ4v) is 4.98.